The number of hydrogen-bond acceptors (Lipinski definition) is 3. The molecule has 1 amide bonds. The number of amides is 1. The number of halogens is 1. The Morgan fingerprint density at radius 3 is 2.65 bits per heavy atom. The molecule has 1 N–H and O–H groups in total. The van der Waals surface area contributed by atoms with Crippen molar-refractivity contribution in [2.75, 3.05) is 19.7 Å². The quantitative estimate of drug-likeness (QED) is 0.862. The summed E-state index contributed by atoms with van der Waals surface area (Å²) in [6, 6.07) is 7.43. The van der Waals surface area contributed by atoms with E-state index in [9.17, 15) is 4.79 Å². The van der Waals surface area contributed by atoms with Crippen LogP contribution >= 0.6 is 11.6 Å². The van der Waals surface area contributed by atoms with E-state index in [-0.39, 0.29) is 12.5 Å². The zero-order valence-corrected chi connectivity index (χ0v) is 12.1. The summed E-state index contributed by atoms with van der Waals surface area (Å²) in [5, 5.41) is 11.0. The lowest BCUT2D eigenvalue weighted by Gasteiger charge is -2.21. The monoisotopic (exact) mass is 292 g/mol. The summed E-state index contributed by atoms with van der Waals surface area (Å²) in [5.41, 5.74) is 0.520. The average molecular weight is 293 g/mol. The number of aliphatic hydroxyl groups excluding tert-OH is 1. The third kappa shape index (κ3) is 2.92. The number of pyridine rings is 1. The van der Waals surface area contributed by atoms with Gasteiger partial charge in [0.15, 0.2) is 0 Å². The first kappa shape index (κ1) is 14.8. The van der Waals surface area contributed by atoms with E-state index < -0.39 is 0 Å². The number of aromatic nitrogens is 1. The molecule has 2 rings (SSSR count). The van der Waals surface area contributed by atoms with E-state index in [1.54, 1.807) is 4.90 Å². The number of aliphatic hydroxyl groups is 1. The van der Waals surface area contributed by atoms with Crippen molar-refractivity contribution >= 4 is 28.3 Å². The Labute approximate surface area is 123 Å². The van der Waals surface area contributed by atoms with Gasteiger partial charge in [-0.3, -0.25) is 4.79 Å². The van der Waals surface area contributed by atoms with Crippen molar-refractivity contribution in [1.82, 2.24) is 9.88 Å². The van der Waals surface area contributed by atoms with Crippen LogP contribution in [0, 0.1) is 0 Å². The number of carbonyl (C=O) groups excluding carboxylic acids is 1. The first-order valence-corrected chi connectivity index (χ1v) is 7.00. The number of hydrogen-bond donors (Lipinski definition) is 1. The molecule has 1 aromatic heterocycles. The molecule has 20 heavy (non-hydrogen) atoms. The van der Waals surface area contributed by atoms with Crippen LogP contribution in [0.15, 0.2) is 30.5 Å². The van der Waals surface area contributed by atoms with Gasteiger partial charge in [-0.25, -0.2) is 4.98 Å². The van der Waals surface area contributed by atoms with Crippen LogP contribution in [0.3, 0.4) is 0 Å². The molecule has 0 saturated carbocycles. The Balaban J connectivity index is 2.46. The molecule has 0 saturated heterocycles. The molecular weight excluding hydrogens is 276 g/mol. The second-order valence-electron chi connectivity index (χ2n) is 4.52. The van der Waals surface area contributed by atoms with Crippen molar-refractivity contribution in [1.29, 1.82) is 0 Å². The molecule has 0 spiro atoms. The zero-order chi connectivity index (χ0) is 14.5. The number of rotatable bonds is 5. The predicted octanol–water partition coefficient (Wildman–Crippen LogP) is 2.73. The summed E-state index contributed by atoms with van der Waals surface area (Å²) in [4.78, 5) is 18.3. The minimum absolute atomic E-state index is 0.0509. The van der Waals surface area contributed by atoms with Gasteiger partial charge in [-0.15, -0.1) is 0 Å². The fourth-order valence-corrected chi connectivity index (χ4v) is 2.42. The number of fused-ring (bicyclic) bond motifs is 1. The third-order valence-electron chi connectivity index (χ3n) is 3.13. The molecule has 1 heterocycles. The highest BCUT2D eigenvalue weighted by molar-refractivity contribution is 6.34. The summed E-state index contributed by atoms with van der Waals surface area (Å²) in [6.07, 6.45) is 2.34. The Bertz CT molecular complexity index is 610. The lowest BCUT2D eigenvalue weighted by molar-refractivity contribution is 0.0723. The Morgan fingerprint density at radius 1 is 1.30 bits per heavy atom. The largest absolute Gasteiger partial charge is 0.395 e. The van der Waals surface area contributed by atoms with Crippen molar-refractivity contribution in [3.8, 4) is 0 Å². The molecule has 5 heteroatoms. The van der Waals surface area contributed by atoms with Crippen LogP contribution in [0.25, 0.3) is 10.8 Å². The van der Waals surface area contributed by atoms with Crippen molar-refractivity contribution in [2.24, 2.45) is 0 Å². The number of benzene rings is 1. The molecule has 0 aliphatic rings. The van der Waals surface area contributed by atoms with Crippen molar-refractivity contribution in [3.63, 3.8) is 0 Å². The van der Waals surface area contributed by atoms with E-state index >= 15 is 0 Å². The topological polar surface area (TPSA) is 53.4 Å². The molecule has 0 radical (unpaired) electrons. The zero-order valence-electron chi connectivity index (χ0n) is 11.3. The van der Waals surface area contributed by atoms with E-state index in [4.69, 9.17) is 16.7 Å². The molecule has 0 atom stereocenters. The van der Waals surface area contributed by atoms with Crippen LogP contribution in [0.5, 0.6) is 0 Å². The Morgan fingerprint density at radius 2 is 2.00 bits per heavy atom. The molecule has 0 unspecified atom stereocenters. The van der Waals surface area contributed by atoms with Crippen molar-refractivity contribution < 1.29 is 9.90 Å². The SMILES string of the molecule is CCCN(CCO)C(=O)c1cnc(Cl)c2ccccc12. The molecule has 0 aliphatic carbocycles. The van der Waals surface area contributed by atoms with Gasteiger partial charge in [0, 0.05) is 24.7 Å². The molecular formula is C15H17ClN2O2. The number of nitrogens with zero attached hydrogens (tertiary/aromatic N) is 2. The maximum atomic E-state index is 12.6. The lowest BCUT2D eigenvalue weighted by atomic mass is 10.1. The predicted molar refractivity (Wildman–Crippen MR) is 80.0 cm³/mol. The van der Waals surface area contributed by atoms with Gasteiger partial charge in [-0.2, -0.15) is 0 Å². The van der Waals surface area contributed by atoms with Gasteiger partial charge in [0.05, 0.1) is 12.2 Å². The van der Waals surface area contributed by atoms with Gasteiger partial charge in [-0.05, 0) is 11.8 Å². The highest BCUT2D eigenvalue weighted by atomic mass is 35.5. The first-order valence-electron chi connectivity index (χ1n) is 6.62. The second-order valence-corrected chi connectivity index (χ2v) is 4.88. The number of carbonyl (C=O) groups is 1. The summed E-state index contributed by atoms with van der Waals surface area (Å²) in [6.45, 7) is 2.88. The van der Waals surface area contributed by atoms with Crippen LogP contribution in [-0.4, -0.2) is 40.6 Å². The summed E-state index contributed by atoms with van der Waals surface area (Å²) >= 11 is 6.06. The minimum Gasteiger partial charge on any atom is -0.395 e. The summed E-state index contributed by atoms with van der Waals surface area (Å²) in [7, 11) is 0. The van der Waals surface area contributed by atoms with E-state index in [0.717, 1.165) is 17.2 Å². The van der Waals surface area contributed by atoms with Gasteiger partial charge in [0.1, 0.15) is 5.15 Å². The fraction of sp³-hybridized carbons (Fsp3) is 0.333. The van der Waals surface area contributed by atoms with Crippen LogP contribution < -0.4 is 0 Å². The van der Waals surface area contributed by atoms with Gasteiger partial charge >= 0.3 is 0 Å². The van der Waals surface area contributed by atoms with Crippen LogP contribution in [0.2, 0.25) is 5.15 Å². The van der Waals surface area contributed by atoms with Gasteiger partial charge in [0.2, 0.25) is 0 Å². The summed E-state index contributed by atoms with van der Waals surface area (Å²) in [5.74, 6) is -0.124. The molecule has 106 valence electrons. The highest BCUT2D eigenvalue weighted by Gasteiger charge is 2.18. The van der Waals surface area contributed by atoms with Crippen LogP contribution in [0.1, 0.15) is 23.7 Å². The maximum Gasteiger partial charge on any atom is 0.256 e. The van der Waals surface area contributed by atoms with Gasteiger partial charge < -0.3 is 10.0 Å². The first-order chi connectivity index (χ1) is 9.69. The normalized spacial score (nSPS) is 10.8. The Hall–Kier alpha value is -1.65. The summed E-state index contributed by atoms with van der Waals surface area (Å²) < 4.78 is 0. The van der Waals surface area contributed by atoms with Gasteiger partial charge in [-0.1, -0.05) is 42.8 Å². The van der Waals surface area contributed by atoms with Crippen molar-refractivity contribution in [2.45, 2.75) is 13.3 Å². The van der Waals surface area contributed by atoms with Crippen LogP contribution in [-0.2, 0) is 0 Å². The maximum absolute atomic E-state index is 12.6. The molecule has 0 bridgehead atoms. The molecule has 2 aromatic rings. The molecule has 0 aliphatic heterocycles. The van der Waals surface area contributed by atoms with Crippen molar-refractivity contribution in [3.05, 3.63) is 41.2 Å². The fourth-order valence-electron chi connectivity index (χ4n) is 2.20. The van der Waals surface area contributed by atoms with E-state index in [1.807, 2.05) is 31.2 Å². The smallest absolute Gasteiger partial charge is 0.256 e. The van der Waals surface area contributed by atoms with E-state index in [0.29, 0.717) is 23.8 Å². The average Bonchev–Trinajstić information content (AvgIpc) is 2.47. The van der Waals surface area contributed by atoms with Gasteiger partial charge in [0.25, 0.3) is 5.91 Å². The lowest BCUT2D eigenvalue weighted by Crippen LogP contribution is -2.34. The van der Waals surface area contributed by atoms with Crippen LogP contribution in [0.4, 0.5) is 0 Å². The molecule has 0 fully saturated rings. The molecule has 1 aromatic carbocycles. The van der Waals surface area contributed by atoms with E-state index in [1.165, 1.54) is 6.20 Å². The standard InChI is InChI=1S/C15H17ClN2O2/c1-2-7-18(8-9-19)15(20)13-10-17-14(16)12-6-4-3-5-11(12)13/h3-6,10,19H,2,7-9H2,1H3. The molecule has 4 nitrogen and oxygen atoms in total. The van der Waals surface area contributed by atoms with E-state index in [2.05, 4.69) is 4.98 Å². The minimum atomic E-state index is -0.124. The second kappa shape index (κ2) is 6.68. The third-order valence-corrected chi connectivity index (χ3v) is 3.43. The Kier molecular flexibility index (Phi) is 4.93. The highest BCUT2D eigenvalue weighted by Crippen LogP contribution is 2.25.